The van der Waals surface area contributed by atoms with Crippen molar-refractivity contribution < 1.29 is 28.8 Å². The number of allylic oxidation sites excluding steroid dienone is 1. The number of carbonyl (C=O) groups is 1. The molecule has 0 unspecified atom stereocenters. The number of hydrogen-bond acceptors (Lipinski definition) is 1. The van der Waals surface area contributed by atoms with Gasteiger partial charge in [-0.15, -0.1) is 0 Å². The van der Waals surface area contributed by atoms with Crippen LogP contribution in [0.2, 0.25) is 0 Å². The summed E-state index contributed by atoms with van der Waals surface area (Å²) in [6.45, 7) is 6.06. The zero-order valence-electron chi connectivity index (χ0n) is 14.8. The van der Waals surface area contributed by atoms with Crippen LogP contribution >= 0.6 is 7.26 Å². The fraction of sp³-hybridized carbons (Fsp3) is 0.0870. The average Bonchev–Trinajstić information content (AvgIpc) is 2.64. The Labute approximate surface area is 173 Å². The Hall–Kier alpha value is -1.77. The van der Waals surface area contributed by atoms with Crippen LogP contribution in [0.25, 0.3) is 0 Å². The Morgan fingerprint density at radius 1 is 0.731 bits per heavy atom. The molecule has 0 bridgehead atoms. The molecule has 3 aromatic rings. The van der Waals surface area contributed by atoms with E-state index in [2.05, 4.69) is 79.4 Å². The molecule has 0 fully saturated rings. The summed E-state index contributed by atoms with van der Waals surface area (Å²) in [5.74, 6) is 0.150. The maximum Gasteiger partial charge on any atom is 0.139 e. The average molecular weight is 472 g/mol. The summed E-state index contributed by atoms with van der Waals surface area (Å²) in [6, 6.07) is 31.5. The van der Waals surface area contributed by atoms with Gasteiger partial charge in [-0.3, -0.25) is 4.79 Å². The predicted octanol–water partition coefficient (Wildman–Crippen LogP) is 1.48. The predicted molar refractivity (Wildman–Crippen MR) is 110 cm³/mol. The highest BCUT2D eigenvalue weighted by Gasteiger charge is 2.48. The Balaban J connectivity index is 0.00000243. The molecule has 0 radical (unpaired) electrons. The van der Waals surface area contributed by atoms with E-state index in [0.717, 1.165) is 5.31 Å². The topological polar surface area (TPSA) is 17.1 Å². The van der Waals surface area contributed by atoms with Crippen molar-refractivity contribution in [3.05, 3.63) is 103 Å². The van der Waals surface area contributed by atoms with Crippen LogP contribution in [0.1, 0.15) is 13.3 Å². The van der Waals surface area contributed by atoms with Crippen LogP contribution in [-0.4, -0.2) is 5.78 Å². The quantitative estimate of drug-likeness (QED) is 0.393. The molecule has 3 aromatic carbocycles. The minimum absolute atomic E-state index is 0. The second-order valence-electron chi connectivity index (χ2n) is 6.12. The number of hydrogen-bond donors (Lipinski definition) is 0. The van der Waals surface area contributed by atoms with Crippen LogP contribution in [0.3, 0.4) is 0 Å². The number of halogens is 1. The molecule has 0 heterocycles. The molecule has 3 rings (SSSR count). The van der Waals surface area contributed by atoms with Gasteiger partial charge in [0.1, 0.15) is 29.0 Å². The number of Topliss-reactive ketones (excluding diaryl/α,β-unsaturated/α-hetero) is 1. The summed E-state index contributed by atoms with van der Waals surface area (Å²) in [5, 5.41) is 4.71. The van der Waals surface area contributed by atoms with Crippen LogP contribution in [0.4, 0.5) is 0 Å². The van der Waals surface area contributed by atoms with Crippen molar-refractivity contribution in [2.45, 2.75) is 13.3 Å². The number of carbonyl (C=O) groups excluding carboxylic acids is 1. The van der Waals surface area contributed by atoms with E-state index >= 15 is 0 Å². The summed E-state index contributed by atoms with van der Waals surface area (Å²) in [4.78, 5) is 12.0. The van der Waals surface area contributed by atoms with E-state index in [-0.39, 0.29) is 29.8 Å². The van der Waals surface area contributed by atoms with Crippen molar-refractivity contribution in [1.82, 2.24) is 0 Å². The van der Waals surface area contributed by atoms with Gasteiger partial charge in [0.05, 0.1) is 11.7 Å². The molecule has 0 N–H and O–H groups in total. The van der Waals surface area contributed by atoms with E-state index < -0.39 is 7.26 Å². The fourth-order valence-corrected chi connectivity index (χ4v) is 7.66. The van der Waals surface area contributed by atoms with Gasteiger partial charge in [-0.05, 0) is 43.3 Å². The van der Waals surface area contributed by atoms with Crippen molar-refractivity contribution in [1.29, 1.82) is 0 Å². The number of benzene rings is 3. The lowest BCUT2D eigenvalue weighted by molar-refractivity contribution is -0.116. The van der Waals surface area contributed by atoms with Crippen LogP contribution in [0, 0.1) is 0 Å². The molecule has 0 aliphatic rings. The minimum atomic E-state index is -2.11. The van der Waals surface area contributed by atoms with E-state index in [9.17, 15) is 4.79 Å². The highest BCUT2D eigenvalue weighted by atomic mass is 127. The molecule has 132 valence electrons. The fourth-order valence-electron chi connectivity index (χ4n) is 3.36. The summed E-state index contributed by atoms with van der Waals surface area (Å²) in [5.41, 5.74) is 0. The van der Waals surface area contributed by atoms with E-state index in [1.807, 2.05) is 18.2 Å². The first kappa shape index (κ1) is 20.5. The normalized spacial score (nSPS) is 10.7. The summed E-state index contributed by atoms with van der Waals surface area (Å²) >= 11 is 0. The minimum Gasteiger partial charge on any atom is -1.00 e. The van der Waals surface area contributed by atoms with E-state index in [4.69, 9.17) is 0 Å². The standard InChI is InChI=1S/C23H22OP.HI/c1-19(24)18-20(2)25(21-12-6-3-7-13-21,22-14-8-4-9-15-22)23-16-10-5-11-17-23;/h3-17H,2,18H2,1H3;1H/q+1;/p-1. The summed E-state index contributed by atoms with van der Waals surface area (Å²) < 4.78 is 0. The van der Waals surface area contributed by atoms with Crippen molar-refractivity contribution in [3.63, 3.8) is 0 Å². The van der Waals surface area contributed by atoms with Crippen LogP contribution in [0.15, 0.2) is 103 Å². The molecular weight excluding hydrogens is 450 g/mol. The van der Waals surface area contributed by atoms with Gasteiger partial charge in [-0.1, -0.05) is 61.2 Å². The van der Waals surface area contributed by atoms with Crippen LogP contribution < -0.4 is 39.9 Å². The smallest absolute Gasteiger partial charge is 0.139 e. The van der Waals surface area contributed by atoms with Gasteiger partial charge in [0.15, 0.2) is 0 Å². The van der Waals surface area contributed by atoms with Crippen LogP contribution in [-0.2, 0) is 4.79 Å². The number of rotatable bonds is 6. The molecule has 0 saturated heterocycles. The Kier molecular flexibility index (Phi) is 7.31. The Morgan fingerprint density at radius 3 is 1.31 bits per heavy atom. The number of ketones is 1. The van der Waals surface area contributed by atoms with Gasteiger partial charge in [0, 0.05) is 0 Å². The van der Waals surface area contributed by atoms with Gasteiger partial charge < -0.3 is 24.0 Å². The second kappa shape index (κ2) is 9.25. The summed E-state index contributed by atoms with van der Waals surface area (Å²) in [7, 11) is -2.11. The van der Waals surface area contributed by atoms with Crippen molar-refractivity contribution in [2.24, 2.45) is 0 Å². The van der Waals surface area contributed by atoms with E-state index in [1.165, 1.54) is 15.9 Å². The third-order valence-corrected chi connectivity index (χ3v) is 8.68. The molecule has 0 atom stereocenters. The molecule has 1 nitrogen and oxygen atoms in total. The van der Waals surface area contributed by atoms with Crippen LogP contribution in [0.5, 0.6) is 0 Å². The van der Waals surface area contributed by atoms with E-state index in [0.29, 0.717) is 6.42 Å². The van der Waals surface area contributed by atoms with Crippen molar-refractivity contribution >= 4 is 29.0 Å². The largest absolute Gasteiger partial charge is 1.00 e. The monoisotopic (exact) mass is 472 g/mol. The lowest BCUT2D eigenvalue weighted by atomic mass is 10.3. The van der Waals surface area contributed by atoms with Gasteiger partial charge in [-0.25, -0.2) is 0 Å². The molecule has 0 spiro atoms. The Bertz CT molecular complexity index is 764. The van der Waals surface area contributed by atoms with Crippen molar-refractivity contribution in [3.8, 4) is 0 Å². The lowest BCUT2D eigenvalue weighted by Crippen LogP contribution is -3.00. The highest BCUT2D eigenvalue weighted by Crippen LogP contribution is 2.62. The molecular formula is C23H22IOP. The first-order chi connectivity index (χ1) is 12.2. The maximum absolute atomic E-state index is 12.0. The molecule has 0 aromatic heterocycles. The van der Waals surface area contributed by atoms with Crippen molar-refractivity contribution in [2.75, 3.05) is 0 Å². The molecule has 3 heteroatoms. The highest BCUT2D eigenvalue weighted by molar-refractivity contribution is 7.99. The van der Waals surface area contributed by atoms with Gasteiger partial charge in [0.25, 0.3) is 0 Å². The van der Waals surface area contributed by atoms with E-state index in [1.54, 1.807) is 6.92 Å². The second-order valence-corrected chi connectivity index (χ2v) is 9.65. The third-order valence-electron chi connectivity index (χ3n) is 4.36. The molecule has 26 heavy (non-hydrogen) atoms. The van der Waals surface area contributed by atoms with Gasteiger partial charge in [-0.2, -0.15) is 0 Å². The molecule has 0 aliphatic carbocycles. The zero-order valence-corrected chi connectivity index (χ0v) is 17.9. The first-order valence-corrected chi connectivity index (χ1v) is 10.2. The van der Waals surface area contributed by atoms with Gasteiger partial charge in [0.2, 0.25) is 0 Å². The SMILES string of the molecule is C=C(CC(C)=O)[P+](c1ccccc1)(c1ccccc1)c1ccccc1.[I-]. The Morgan fingerprint density at radius 2 is 1.04 bits per heavy atom. The van der Waals surface area contributed by atoms with Gasteiger partial charge >= 0.3 is 0 Å². The third kappa shape index (κ3) is 3.97. The first-order valence-electron chi connectivity index (χ1n) is 8.39. The molecule has 0 amide bonds. The lowest BCUT2D eigenvalue weighted by Gasteiger charge is -2.28. The zero-order chi connectivity index (χ0) is 17.7. The molecule has 0 saturated carbocycles. The summed E-state index contributed by atoms with van der Waals surface area (Å²) in [6.07, 6.45) is 0.395. The molecule has 0 aliphatic heterocycles. The maximum atomic E-state index is 12.0.